The Hall–Kier alpha value is -1.55. The van der Waals surface area contributed by atoms with E-state index in [9.17, 15) is 13.6 Å². The molecule has 0 bridgehead atoms. The Morgan fingerprint density at radius 1 is 1.05 bits per heavy atom. The number of hydrogen-bond acceptors (Lipinski definition) is 1. The molecule has 2 aromatic carbocycles. The van der Waals surface area contributed by atoms with Gasteiger partial charge in [0.05, 0.1) is 4.47 Å². The Morgan fingerprint density at radius 2 is 1.74 bits per heavy atom. The fourth-order valence-corrected chi connectivity index (χ4v) is 2.32. The maximum Gasteiger partial charge on any atom is 0.173 e. The predicted octanol–water partition coefficient (Wildman–Crippen LogP) is 4.54. The average molecular weight is 325 g/mol. The van der Waals surface area contributed by atoms with Crippen LogP contribution in [0.15, 0.2) is 46.9 Å². The maximum atomic E-state index is 13.3. The number of benzene rings is 2. The van der Waals surface area contributed by atoms with E-state index < -0.39 is 11.6 Å². The van der Waals surface area contributed by atoms with E-state index in [0.717, 1.165) is 11.6 Å². The molecule has 0 heterocycles. The number of Topliss-reactive ketones (excluding diaryl/α,β-unsaturated/α-hetero) is 1. The zero-order valence-corrected chi connectivity index (χ0v) is 11.6. The minimum absolute atomic E-state index is 0.106. The van der Waals surface area contributed by atoms with Crippen molar-refractivity contribution in [1.82, 2.24) is 0 Å². The molecule has 0 saturated carbocycles. The molecule has 0 amide bonds. The third-order valence-corrected chi connectivity index (χ3v) is 3.59. The lowest BCUT2D eigenvalue weighted by atomic mass is 10.0. The molecule has 0 aromatic heterocycles. The van der Waals surface area contributed by atoms with Crippen molar-refractivity contribution in [3.8, 4) is 0 Å². The van der Waals surface area contributed by atoms with Crippen molar-refractivity contribution >= 4 is 21.7 Å². The van der Waals surface area contributed by atoms with Crippen molar-refractivity contribution in [3.63, 3.8) is 0 Å². The molecule has 0 spiro atoms. The molecule has 0 aliphatic rings. The summed E-state index contributed by atoms with van der Waals surface area (Å²) in [5.74, 6) is -2.20. The van der Waals surface area contributed by atoms with Crippen LogP contribution in [0.3, 0.4) is 0 Å². The molecule has 0 N–H and O–H groups in total. The molecule has 0 unspecified atom stereocenters. The Morgan fingerprint density at radius 3 is 2.42 bits per heavy atom. The number of carbonyl (C=O) groups excluding carboxylic acids is 1. The van der Waals surface area contributed by atoms with Gasteiger partial charge in [-0.05, 0) is 40.0 Å². The van der Waals surface area contributed by atoms with Gasteiger partial charge in [-0.3, -0.25) is 4.79 Å². The number of rotatable bonds is 4. The molecule has 4 heteroatoms. The molecule has 2 aromatic rings. The Balaban J connectivity index is 2.11. The van der Waals surface area contributed by atoms with Crippen LogP contribution in [-0.4, -0.2) is 5.78 Å². The highest BCUT2D eigenvalue weighted by atomic mass is 79.9. The maximum absolute atomic E-state index is 13.3. The van der Waals surface area contributed by atoms with Crippen LogP contribution in [0.25, 0.3) is 0 Å². The minimum atomic E-state index is -1.02. The number of halogens is 3. The van der Waals surface area contributed by atoms with E-state index in [0.29, 0.717) is 6.42 Å². The molecule has 1 nitrogen and oxygen atoms in total. The van der Waals surface area contributed by atoms with Gasteiger partial charge in [0, 0.05) is 12.0 Å². The second-order valence-electron chi connectivity index (χ2n) is 4.13. The van der Waals surface area contributed by atoms with E-state index in [2.05, 4.69) is 15.9 Å². The van der Waals surface area contributed by atoms with Crippen molar-refractivity contribution in [2.75, 3.05) is 0 Å². The van der Waals surface area contributed by atoms with Gasteiger partial charge in [-0.1, -0.05) is 30.3 Å². The largest absolute Gasteiger partial charge is 0.294 e. The van der Waals surface area contributed by atoms with Gasteiger partial charge < -0.3 is 0 Å². The molecule has 0 aliphatic heterocycles. The van der Waals surface area contributed by atoms with Crippen molar-refractivity contribution in [3.05, 3.63) is 69.7 Å². The molecular weight excluding hydrogens is 314 g/mol. The van der Waals surface area contributed by atoms with Crippen LogP contribution in [0.1, 0.15) is 22.3 Å². The number of hydrogen-bond donors (Lipinski definition) is 0. The van der Waals surface area contributed by atoms with Crippen molar-refractivity contribution < 1.29 is 13.6 Å². The van der Waals surface area contributed by atoms with Gasteiger partial charge in [-0.25, -0.2) is 8.78 Å². The molecule has 0 fully saturated rings. The lowest BCUT2D eigenvalue weighted by Crippen LogP contribution is -2.04. The van der Waals surface area contributed by atoms with Crippen molar-refractivity contribution in [2.24, 2.45) is 0 Å². The van der Waals surface area contributed by atoms with E-state index in [4.69, 9.17) is 0 Å². The summed E-state index contributed by atoms with van der Waals surface area (Å²) in [7, 11) is 0. The second-order valence-corrected chi connectivity index (χ2v) is 4.92. The molecule has 0 aliphatic carbocycles. The summed E-state index contributed by atoms with van der Waals surface area (Å²) >= 11 is 2.92. The van der Waals surface area contributed by atoms with Crippen LogP contribution >= 0.6 is 15.9 Å². The topological polar surface area (TPSA) is 17.1 Å². The molecule has 98 valence electrons. The van der Waals surface area contributed by atoms with Crippen LogP contribution in [0.5, 0.6) is 0 Å². The third kappa shape index (κ3) is 3.26. The van der Waals surface area contributed by atoms with E-state index in [1.54, 1.807) is 0 Å². The number of carbonyl (C=O) groups is 1. The minimum Gasteiger partial charge on any atom is -0.294 e. The zero-order chi connectivity index (χ0) is 13.8. The van der Waals surface area contributed by atoms with Crippen LogP contribution < -0.4 is 0 Å². The Labute approximate surface area is 118 Å². The van der Waals surface area contributed by atoms with Crippen LogP contribution in [0.4, 0.5) is 8.78 Å². The molecular formula is C15H11BrF2O. The number of aryl methyl sites for hydroxylation is 1. The van der Waals surface area contributed by atoms with E-state index in [1.165, 1.54) is 6.07 Å². The zero-order valence-electron chi connectivity index (χ0n) is 10.00. The van der Waals surface area contributed by atoms with Gasteiger partial charge in [0.15, 0.2) is 17.4 Å². The fourth-order valence-electron chi connectivity index (χ4n) is 1.78. The summed E-state index contributed by atoms with van der Waals surface area (Å²) in [6.07, 6.45) is 0.832. The van der Waals surface area contributed by atoms with Crippen LogP contribution in [-0.2, 0) is 6.42 Å². The van der Waals surface area contributed by atoms with E-state index in [-0.39, 0.29) is 22.2 Å². The van der Waals surface area contributed by atoms with Gasteiger partial charge in [0.2, 0.25) is 0 Å². The molecule has 0 saturated heterocycles. The first-order valence-electron chi connectivity index (χ1n) is 5.80. The molecule has 0 atom stereocenters. The van der Waals surface area contributed by atoms with Gasteiger partial charge >= 0.3 is 0 Å². The quantitative estimate of drug-likeness (QED) is 0.596. The van der Waals surface area contributed by atoms with Gasteiger partial charge in [0.1, 0.15) is 0 Å². The summed E-state index contributed by atoms with van der Waals surface area (Å²) in [6.45, 7) is 0. The Bertz CT molecular complexity index is 597. The van der Waals surface area contributed by atoms with E-state index >= 15 is 0 Å². The molecule has 19 heavy (non-hydrogen) atoms. The standard InChI is InChI=1S/C15H11BrF2O/c16-14-11(7-8-12(17)15(14)18)13(19)9-6-10-4-2-1-3-5-10/h1-5,7-8H,6,9H2. The lowest BCUT2D eigenvalue weighted by Gasteiger charge is -2.05. The predicted molar refractivity (Wildman–Crippen MR) is 73.2 cm³/mol. The summed E-state index contributed by atoms with van der Waals surface area (Å²) in [5.41, 5.74) is 1.21. The first-order chi connectivity index (χ1) is 9.09. The third-order valence-electron chi connectivity index (χ3n) is 2.82. The normalized spacial score (nSPS) is 10.5. The monoisotopic (exact) mass is 324 g/mol. The summed E-state index contributed by atoms with van der Waals surface area (Å²) in [4.78, 5) is 12.0. The smallest absolute Gasteiger partial charge is 0.173 e. The van der Waals surface area contributed by atoms with Crippen LogP contribution in [0, 0.1) is 11.6 Å². The summed E-state index contributed by atoms with van der Waals surface area (Å²) in [6, 6.07) is 11.8. The first-order valence-corrected chi connectivity index (χ1v) is 6.59. The van der Waals surface area contributed by atoms with E-state index in [1.807, 2.05) is 30.3 Å². The fraction of sp³-hybridized carbons (Fsp3) is 0.133. The van der Waals surface area contributed by atoms with Gasteiger partial charge in [-0.15, -0.1) is 0 Å². The second kappa shape index (κ2) is 6.06. The van der Waals surface area contributed by atoms with Crippen LogP contribution in [0.2, 0.25) is 0 Å². The van der Waals surface area contributed by atoms with Crippen molar-refractivity contribution in [1.29, 1.82) is 0 Å². The number of ketones is 1. The Kier molecular flexibility index (Phi) is 4.43. The SMILES string of the molecule is O=C(CCc1ccccc1)c1ccc(F)c(F)c1Br. The summed E-state index contributed by atoms with van der Waals surface area (Å²) < 4.78 is 26.2. The highest BCUT2D eigenvalue weighted by Gasteiger charge is 2.16. The van der Waals surface area contributed by atoms with Gasteiger partial charge in [-0.2, -0.15) is 0 Å². The highest BCUT2D eigenvalue weighted by molar-refractivity contribution is 9.10. The van der Waals surface area contributed by atoms with Gasteiger partial charge in [0.25, 0.3) is 0 Å². The molecule has 0 radical (unpaired) electrons. The highest BCUT2D eigenvalue weighted by Crippen LogP contribution is 2.24. The lowest BCUT2D eigenvalue weighted by molar-refractivity contribution is 0.0981. The first kappa shape index (κ1) is 13.9. The summed E-state index contributed by atoms with van der Waals surface area (Å²) in [5, 5.41) is 0. The average Bonchev–Trinajstić information content (AvgIpc) is 2.43. The molecule has 2 rings (SSSR count). The van der Waals surface area contributed by atoms with Crippen molar-refractivity contribution in [2.45, 2.75) is 12.8 Å².